The maximum absolute atomic E-state index is 12.9. The minimum absolute atomic E-state index is 0. The molecule has 1 aromatic rings. The molecule has 1 atom stereocenters. The molecule has 1 saturated heterocycles. The molecule has 0 radical (unpaired) electrons. The number of nitrogens with one attached hydrogen (secondary N) is 2. The Labute approximate surface area is 161 Å². The zero-order chi connectivity index (χ0) is 18.4. The van der Waals surface area contributed by atoms with E-state index in [4.69, 9.17) is 4.74 Å². The third-order valence-corrected chi connectivity index (χ3v) is 6.20. The Kier molecular flexibility index (Phi) is 8.99. The lowest BCUT2D eigenvalue weighted by atomic mass is 10.1. The highest BCUT2D eigenvalue weighted by atomic mass is 35.5. The molecule has 1 aromatic carbocycles. The van der Waals surface area contributed by atoms with Crippen LogP contribution in [0.4, 0.5) is 0 Å². The van der Waals surface area contributed by atoms with Gasteiger partial charge in [-0.05, 0) is 38.1 Å². The van der Waals surface area contributed by atoms with E-state index in [0.717, 1.165) is 6.54 Å². The van der Waals surface area contributed by atoms with Crippen LogP contribution in [-0.4, -0.2) is 64.1 Å². The highest BCUT2D eigenvalue weighted by Gasteiger charge is 2.28. The van der Waals surface area contributed by atoms with Crippen molar-refractivity contribution in [2.24, 2.45) is 0 Å². The summed E-state index contributed by atoms with van der Waals surface area (Å²) in [4.78, 5) is 12.5. The molecule has 148 valence electrons. The third kappa shape index (κ3) is 5.65. The lowest BCUT2D eigenvalue weighted by molar-refractivity contribution is 0.0730. The summed E-state index contributed by atoms with van der Waals surface area (Å²) >= 11 is 0. The van der Waals surface area contributed by atoms with E-state index in [2.05, 4.69) is 10.6 Å². The van der Waals surface area contributed by atoms with Crippen LogP contribution in [0.5, 0.6) is 0 Å². The lowest BCUT2D eigenvalue weighted by Gasteiger charge is -2.26. The quantitative estimate of drug-likeness (QED) is 0.710. The molecular weight excluding hydrogens is 378 g/mol. The van der Waals surface area contributed by atoms with E-state index in [9.17, 15) is 13.2 Å². The van der Waals surface area contributed by atoms with Crippen molar-refractivity contribution in [2.75, 3.05) is 39.4 Å². The SMILES string of the molecule is CCN[C@H](C)CNC(=O)c1ccc(C)c(S(=O)(=O)N2CCOCC2)c1.Cl. The van der Waals surface area contributed by atoms with Gasteiger partial charge < -0.3 is 15.4 Å². The zero-order valence-electron chi connectivity index (χ0n) is 15.4. The van der Waals surface area contributed by atoms with E-state index in [-0.39, 0.29) is 29.3 Å². The zero-order valence-corrected chi connectivity index (χ0v) is 17.1. The molecule has 1 aliphatic heterocycles. The Morgan fingerprint density at radius 1 is 1.31 bits per heavy atom. The first-order chi connectivity index (χ1) is 11.9. The monoisotopic (exact) mass is 405 g/mol. The lowest BCUT2D eigenvalue weighted by Crippen LogP contribution is -2.41. The smallest absolute Gasteiger partial charge is 0.251 e. The summed E-state index contributed by atoms with van der Waals surface area (Å²) in [5, 5.41) is 6.04. The number of nitrogens with zero attached hydrogens (tertiary/aromatic N) is 1. The van der Waals surface area contributed by atoms with Crippen LogP contribution in [0.15, 0.2) is 23.1 Å². The molecule has 0 saturated carbocycles. The van der Waals surface area contributed by atoms with Crippen LogP contribution >= 0.6 is 12.4 Å². The summed E-state index contributed by atoms with van der Waals surface area (Å²) in [6.45, 7) is 8.46. The number of carbonyl (C=O) groups excluding carboxylic acids is 1. The van der Waals surface area contributed by atoms with Gasteiger partial charge in [0.25, 0.3) is 5.91 Å². The maximum atomic E-state index is 12.9. The first kappa shape index (κ1) is 22.9. The molecule has 0 bridgehead atoms. The van der Waals surface area contributed by atoms with E-state index in [1.165, 1.54) is 10.4 Å². The van der Waals surface area contributed by atoms with E-state index >= 15 is 0 Å². The maximum Gasteiger partial charge on any atom is 0.251 e. The molecule has 7 nitrogen and oxygen atoms in total. The molecule has 0 spiro atoms. The molecule has 1 fully saturated rings. The first-order valence-corrected chi connectivity index (χ1v) is 10.0. The van der Waals surface area contributed by atoms with Gasteiger partial charge in [-0.15, -0.1) is 12.4 Å². The van der Waals surface area contributed by atoms with Crippen LogP contribution in [0.25, 0.3) is 0 Å². The molecule has 1 heterocycles. The Morgan fingerprint density at radius 2 is 1.96 bits per heavy atom. The first-order valence-electron chi connectivity index (χ1n) is 8.56. The minimum Gasteiger partial charge on any atom is -0.379 e. The van der Waals surface area contributed by atoms with Gasteiger partial charge in [0, 0.05) is 31.2 Å². The van der Waals surface area contributed by atoms with Crippen LogP contribution in [-0.2, 0) is 14.8 Å². The summed E-state index contributed by atoms with van der Waals surface area (Å²) in [5.41, 5.74) is 0.977. The highest BCUT2D eigenvalue weighted by molar-refractivity contribution is 7.89. The Hall–Kier alpha value is -1.19. The molecule has 2 rings (SSSR count). The largest absolute Gasteiger partial charge is 0.379 e. The number of ether oxygens (including phenoxy) is 1. The molecule has 9 heteroatoms. The summed E-state index contributed by atoms with van der Waals surface area (Å²) < 4.78 is 32.4. The third-order valence-electron chi connectivity index (χ3n) is 4.16. The van der Waals surface area contributed by atoms with E-state index in [0.29, 0.717) is 44.0 Å². The fourth-order valence-corrected chi connectivity index (χ4v) is 4.37. The standard InChI is InChI=1S/C17H27N3O4S.ClH/c1-4-18-14(3)12-19-17(21)15-6-5-13(2)16(11-15)25(22,23)20-7-9-24-10-8-20;/h5-6,11,14,18H,4,7-10,12H2,1-3H3,(H,19,21);1H/t14-;/m1./s1. The van der Waals surface area contributed by atoms with Gasteiger partial charge in [-0.25, -0.2) is 8.42 Å². The van der Waals surface area contributed by atoms with E-state index < -0.39 is 10.0 Å². The van der Waals surface area contributed by atoms with Crippen molar-refractivity contribution in [1.29, 1.82) is 0 Å². The number of hydrogen-bond donors (Lipinski definition) is 2. The van der Waals surface area contributed by atoms with Crippen molar-refractivity contribution >= 4 is 28.3 Å². The average Bonchev–Trinajstić information content (AvgIpc) is 2.61. The van der Waals surface area contributed by atoms with Gasteiger partial charge in [-0.1, -0.05) is 13.0 Å². The Balaban J connectivity index is 0.00000338. The molecule has 1 aliphatic rings. The van der Waals surface area contributed by atoms with Crippen molar-refractivity contribution in [3.8, 4) is 0 Å². The van der Waals surface area contributed by atoms with Gasteiger partial charge >= 0.3 is 0 Å². The van der Waals surface area contributed by atoms with Gasteiger partial charge in [0.05, 0.1) is 18.1 Å². The number of carbonyl (C=O) groups is 1. The summed E-state index contributed by atoms with van der Waals surface area (Å²) in [6.07, 6.45) is 0. The normalized spacial score (nSPS) is 16.6. The second kappa shape index (κ2) is 10.2. The molecule has 0 aliphatic carbocycles. The van der Waals surface area contributed by atoms with Crippen molar-refractivity contribution in [1.82, 2.24) is 14.9 Å². The Bertz CT molecular complexity index is 706. The van der Waals surface area contributed by atoms with E-state index in [1.54, 1.807) is 19.1 Å². The fraction of sp³-hybridized carbons (Fsp3) is 0.588. The Morgan fingerprint density at radius 3 is 2.58 bits per heavy atom. The number of benzene rings is 1. The van der Waals surface area contributed by atoms with Gasteiger partial charge in [0.15, 0.2) is 0 Å². The van der Waals surface area contributed by atoms with Crippen molar-refractivity contribution in [2.45, 2.75) is 31.7 Å². The second-order valence-corrected chi connectivity index (χ2v) is 8.07. The molecule has 0 aromatic heterocycles. The molecule has 2 N–H and O–H groups in total. The number of aryl methyl sites for hydroxylation is 1. The summed E-state index contributed by atoms with van der Waals surface area (Å²) in [7, 11) is -3.63. The molecule has 26 heavy (non-hydrogen) atoms. The van der Waals surface area contributed by atoms with Crippen LogP contribution in [0.2, 0.25) is 0 Å². The molecule has 0 unspecified atom stereocenters. The van der Waals surface area contributed by atoms with Gasteiger partial charge in [-0.2, -0.15) is 4.31 Å². The number of amides is 1. The number of hydrogen-bond acceptors (Lipinski definition) is 5. The summed E-state index contributed by atoms with van der Waals surface area (Å²) in [5.74, 6) is -0.275. The van der Waals surface area contributed by atoms with Gasteiger partial charge in [-0.3, -0.25) is 4.79 Å². The van der Waals surface area contributed by atoms with Gasteiger partial charge in [0.1, 0.15) is 0 Å². The number of likely N-dealkylation sites (N-methyl/N-ethyl adjacent to an activating group) is 1. The van der Waals surface area contributed by atoms with Crippen LogP contribution in [0.1, 0.15) is 29.8 Å². The van der Waals surface area contributed by atoms with Crippen molar-refractivity contribution in [3.05, 3.63) is 29.3 Å². The number of sulfonamides is 1. The highest BCUT2D eigenvalue weighted by Crippen LogP contribution is 2.22. The predicted molar refractivity (Wildman–Crippen MR) is 103 cm³/mol. The van der Waals surface area contributed by atoms with Crippen molar-refractivity contribution in [3.63, 3.8) is 0 Å². The van der Waals surface area contributed by atoms with Gasteiger partial charge in [0.2, 0.25) is 10.0 Å². The minimum atomic E-state index is -3.63. The van der Waals surface area contributed by atoms with Crippen LogP contribution < -0.4 is 10.6 Å². The number of morpholine rings is 1. The predicted octanol–water partition coefficient (Wildman–Crippen LogP) is 1.17. The summed E-state index contributed by atoms with van der Waals surface area (Å²) in [6, 6.07) is 4.94. The van der Waals surface area contributed by atoms with Crippen molar-refractivity contribution < 1.29 is 17.9 Å². The van der Waals surface area contributed by atoms with E-state index in [1.807, 2.05) is 13.8 Å². The molecular formula is C17H28ClN3O4S. The topological polar surface area (TPSA) is 87.7 Å². The second-order valence-electron chi connectivity index (χ2n) is 6.17. The van der Waals surface area contributed by atoms with Crippen LogP contribution in [0.3, 0.4) is 0 Å². The molecule has 1 amide bonds. The average molecular weight is 406 g/mol. The van der Waals surface area contributed by atoms with Crippen LogP contribution in [0, 0.1) is 6.92 Å². The number of halogens is 1. The number of rotatable bonds is 7. The fourth-order valence-electron chi connectivity index (χ4n) is 2.71.